The number of nitrogens with one attached hydrogen (secondary N) is 1. The summed E-state index contributed by atoms with van der Waals surface area (Å²) in [7, 11) is 0. The van der Waals surface area contributed by atoms with E-state index >= 15 is 0 Å². The summed E-state index contributed by atoms with van der Waals surface area (Å²) in [6.45, 7) is 0. The number of aryl methyl sites for hydroxylation is 1. The van der Waals surface area contributed by atoms with E-state index in [0.29, 0.717) is 5.16 Å². The number of rotatable bonds is 5. The van der Waals surface area contributed by atoms with Gasteiger partial charge in [0.15, 0.2) is 5.16 Å². The van der Waals surface area contributed by atoms with Gasteiger partial charge in [-0.15, -0.1) is 0 Å². The number of anilines is 1. The lowest BCUT2D eigenvalue weighted by molar-refractivity contribution is 0.908. The van der Waals surface area contributed by atoms with E-state index < -0.39 is 0 Å². The predicted molar refractivity (Wildman–Crippen MR) is 74.8 cm³/mol. The van der Waals surface area contributed by atoms with E-state index in [0.717, 1.165) is 24.3 Å². The highest BCUT2D eigenvalue weighted by atomic mass is 32.2. The van der Waals surface area contributed by atoms with Crippen molar-refractivity contribution < 1.29 is 0 Å². The average molecular weight is 261 g/mol. The second kappa shape index (κ2) is 6.26. The van der Waals surface area contributed by atoms with Crippen LogP contribution in [0.15, 0.2) is 46.5 Å². The lowest BCUT2D eigenvalue weighted by atomic mass is 10.1. The maximum atomic E-state index is 11.1. The largest absolute Gasteiger partial charge is 0.399 e. The Morgan fingerprint density at radius 1 is 1.33 bits per heavy atom. The maximum Gasteiger partial charge on any atom is 0.251 e. The van der Waals surface area contributed by atoms with Crippen LogP contribution in [0.25, 0.3) is 0 Å². The zero-order valence-electron chi connectivity index (χ0n) is 9.93. The van der Waals surface area contributed by atoms with Crippen molar-refractivity contribution in [1.82, 2.24) is 9.97 Å². The number of thioether (sulfide) groups is 1. The molecule has 0 fully saturated rings. The molecule has 2 aromatic rings. The molecule has 0 atom stereocenters. The lowest BCUT2D eigenvalue weighted by Gasteiger charge is -2.02. The lowest BCUT2D eigenvalue weighted by Crippen LogP contribution is -2.05. The number of hydrogen-bond acceptors (Lipinski definition) is 4. The van der Waals surface area contributed by atoms with Crippen LogP contribution in [0.4, 0.5) is 5.69 Å². The van der Waals surface area contributed by atoms with Crippen LogP contribution in [0.3, 0.4) is 0 Å². The number of nitrogens with two attached hydrogens (primary N) is 1. The monoisotopic (exact) mass is 261 g/mol. The van der Waals surface area contributed by atoms with Crippen molar-refractivity contribution in [1.29, 1.82) is 0 Å². The van der Waals surface area contributed by atoms with Crippen LogP contribution in [-0.4, -0.2) is 15.7 Å². The highest BCUT2D eigenvalue weighted by Crippen LogP contribution is 2.14. The van der Waals surface area contributed by atoms with Crippen LogP contribution < -0.4 is 11.3 Å². The van der Waals surface area contributed by atoms with Gasteiger partial charge in [0.1, 0.15) is 0 Å². The highest BCUT2D eigenvalue weighted by molar-refractivity contribution is 7.99. The standard InChI is InChI=1S/C13H15N3OS/c14-11-5-1-3-10(9-11)4-2-8-18-13-15-7-6-12(17)16-13/h1,3,5-7,9H,2,4,8,14H2,(H,15,16,17). The minimum Gasteiger partial charge on any atom is -0.399 e. The van der Waals surface area contributed by atoms with Gasteiger partial charge >= 0.3 is 0 Å². The summed E-state index contributed by atoms with van der Waals surface area (Å²) in [4.78, 5) is 17.8. The van der Waals surface area contributed by atoms with Crippen molar-refractivity contribution in [3.05, 3.63) is 52.4 Å². The fraction of sp³-hybridized carbons (Fsp3) is 0.231. The van der Waals surface area contributed by atoms with Crippen LogP contribution in [0.5, 0.6) is 0 Å². The Kier molecular flexibility index (Phi) is 4.41. The van der Waals surface area contributed by atoms with Crippen LogP contribution in [-0.2, 0) is 6.42 Å². The van der Waals surface area contributed by atoms with E-state index in [1.54, 1.807) is 11.8 Å². The van der Waals surface area contributed by atoms with Gasteiger partial charge in [0.05, 0.1) is 0 Å². The molecule has 4 nitrogen and oxygen atoms in total. The van der Waals surface area contributed by atoms with Crippen LogP contribution in [0, 0.1) is 0 Å². The van der Waals surface area contributed by atoms with Gasteiger partial charge < -0.3 is 10.7 Å². The Balaban J connectivity index is 1.78. The number of nitrogen functional groups attached to an aromatic ring is 1. The first-order valence-electron chi connectivity index (χ1n) is 5.76. The summed E-state index contributed by atoms with van der Waals surface area (Å²) >= 11 is 1.56. The number of H-pyrrole nitrogens is 1. The third-order valence-corrected chi connectivity index (χ3v) is 3.42. The molecule has 5 heteroatoms. The van der Waals surface area contributed by atoms with Gasteiger partial charge in [-0.2, -0.15) is 0 Å². The number of aromatic nitrogens is 2. The third kappa shape index (κ3) is 3.92. The Morgan fingerprint density at radius 3 is 3.00 bits per heavy atom. The molecule has 3 N–H and O–H groups in total. The molecular weight excluding hydrogens is 246 g/mol. The molecule has 0 aliphatic carbocycles. The normalized spacial score (nSPS) is 10.4. The molecular formula is C13H15N3OS. The highest BCUT2D eigenvalue weighted by Gasteiger charge is 1.98. The summed E-state index contributed by atoms with van der Waals surface area (Å²) in [5.41, 5.74) is 7.65. The molecule has 0 aliphatic rings. The van der Waals surface area contributed by atoms with Gasteiger partial charge in [0.2, 0.25) is 0 Å². The maximum absolute atomic E-state index is 11.1. The molecule has 0 amide bonds. The minimum atomic E-state index is -0.108. The second-order valence-electron chi connectivity index (χ2n) is 3.94. The van der Waals surface area contributed by atoms with E-state index in [9.17, 15) is 4.79 Å². The first-order chi connectivity index (χ1) is 8.74. The molecule has 0 spiro atoms. The Labute approximate surface area is 110 Å². The van der Waals surface area contributed by atoms with Gasteiger partial charge in [-0.05, 0) is 30.5 Å². The fourth-order valence-corrected chi connectivity index (χ4v) is 2.41. The van der Waals surface area contributed by atoms with Gasteiger partial charge in [-0.1, -0.05) is 23.9 Å². The molecule has 0 radical (unpaired) electrons. The van der Waals surface area contributed by atoms with Crippen molar-refractivity contribution in [2.24, 2.45) is 0 Å². The third-order valence-electron chi connectivity index (χ3n) is 2.45. The molecule has 0 saturated heterocycles. The number of nitrogens with zero attached hydrogens (tertiary/aromatic N) is 1. The zero-order chi connectivity index (χ0) is 12.8. The minimum absolute atomic E-state index is 0.108. The van der Waals surface area contributed by atoms with E-state index in [-0.39, 0.29) is 5.56 Å². The van der Waals surface area contributed by atoms with Crippen molar-refractivity contribution >= 4 is 17.4 Å². The summed E-state index contributed by atoms with van der Waals surface area (Å²) in [5.74, 6) is 0.918. The van der Waals surface area contributed by atoms with Crippen molar-refractivity contribution in [3.63, 3.8) is 0 Å². The summed E-state index contributed by atoms with van der Waals surface area (Å²) in [5, 5.41) is 0.676. The molecule has 1 aromatic carbocycles. The zero-order valence-corrected chi connectivity index (χ0v) is 10.7. The van der Waals surface area contributed by atoms with Gasteiger partial charge in [-0.25, -0.2) is 4.98 Å². The topological polar surface area (TPSA) is 71.8 Å². The smallest absolute Gasteiger partial charge is 0.251 e. The fourth-order valence-electron chi connectivity index (χ4n) is 1.62. The molecule has 1 heterocycles. The first-order valence-corrected chi connectivity index (χ1v) is 6.75. The second-order valence-corrected chi connectivity index (χ2v) is 5.02. The molecule has 0 saturated carbocycles. The number of benzene rings is 1. The summed E-state index contributed by atoms with van der Waals surface area (Å²) < 4.78 is 0. The Morgan fingerprint density at radius 2 is 2.22 bits per heavy atom. The molecule has 2 rings (SSSR count). The van der Waals surface area contributed by atoms with Crippen molar-refractivity contribution in [2.45, 2.75) is 18.0 Å². The first kappa shape index (κ1) is 12.7. The van der Waals surface area contributed by atoms with E-state index in [4.69, 9.17) is 5.73 Å². The molecule has 0 bridgehead atoms. The van der Waals surface area contributed by atoms with Crippen LogP contribution in [0.1, 0.15) is 12.0 Å². The van der Waals surface area contributed by atoms with Gasteiger partial charge in [-0.3, -0.25) is 4.79 Å². The van der Waals surface area contributed by atoms with Crippen molar-refractivity contribution in [3.8, 4) is 0 Å². The van der Waals surface area contributed by atoms with Crippen molar-refractivity contribution in [2.75, 3.05) is 11.5 Å². The Hall–Kier alpha value is -1.75. The predicted octanol–water partition coefficient (Wildman–Crippen LogP) is 2.08. The van der Waals surface area contributed by atoms with E-state index in [2.05, 4.69) is 16.0 Å². The molecule has 1 aromatic heterocycles. The molecule has 18 heavy (non-hydrogen) atoms. The van der Waals surface area contributed by atoms with E-state index in [1.807, 2.05) is 18.2 Å². The number of hydrogen-bond donors (Lipinski definition) is 2. The summed E-state index contributed by atoms with van der Waals surface area (Å²) in [6, 6.07) is 9.33. The quantitative estimate of drug-likeness (QED) is 0.374. The van der Waals surface area contributed by atoms with Crippen LogP contribution >= 0.6 is 11.8 Å². The molecule has 94 valence electrons. The van der Waals surface area contributed by atoms with E-state index in [1.165, 1.54) is 17.8 Å². The SMILES string of the molecule is Nc1cccc(CCCSc2nccc(=O)[nH]2)c1. The summed E-state index contributed by atoms with van der Waals surface area (Å²) in [6.07, 6.45) is 3.53. The molecule has 0 aliphatic heterocycles. The molecule has 0 unspecified atom stereocenters. The average Bonchev–Trinajstić information content (AvgIpc) is 2.35. The Bertz CT molecular complexity index is 568. The van der Waals surface area contributed by atoms with Gasteiger partial charge in [0.25, 0.3) is 5.56 Å². The number of aromatic amines is 1. The van der Waals surface area contributed by atoms with Crippen LogP contribution in [0.2, 0.25) is 0 Å². The van der Waals surface area contributed by atoms with Gasteiger partial charge in [0, 0.05) is 23.7 Å².